The standard InChI is InChI=1S/C12H16O4S/c13-17(14)16-12-9-5-4-8-11(12)15-10-6-2-1-3-7-10/h1-3,6-7,11-12H,4-5,8-9H2,(H,13,14). The Balaban J connectivity index is 1.99. The summed E-state index contributed by atoms with van der Waals surface area (Å²) >= 11 is -2.22. The third-order valence-electron chi connectivity index (χ3n) is 2.88. The summed E-state index contributed by atoms with van der Waals surface area (Å²) in [6.07, 6.45) is 3.27. The smallest absolute Gasteiger partial charge is 0.302 e. The van der Waals surface area contributed by atoms with Gasteiger partial charge in [-0.25, -0.2) is 0 Å². The number of hydrogen-bond donors (Lipinski definition) is 1. The number of para-hydroxylation sites is 1. The fourth-order valence-electron chi connectivity index (χ4n) is 2.09. The number of benzene rings is 1. The van der Waals surface area contributed by atoms with Crippen LogP contribution in [0.1, 0.15) is 25.7 Å². The zero-order valence-electron chi connectivity index (χ0n) is 9.45. The fourth-order valence-corrected chi connectivity index (χ4v) is 2.52. The number of rotatable bonds is 4. The maximum atomic E-state index is 10.7. The van der Waals surface area contributed by atoms with Crippen molar-refractivity contribution in [2.45, 2.75) is 37.9 Å². The molecule has 3 unspecified atom stereocenters. The second-order valence-electron chi connectivity index (χ2n) is 4.11. The average Bonchev–Trinajstić information content (AvgIpc) is 2.32. The van der Waals surface area contributed by atoms with Crippen molar-refractivity contribution < 1.29 is 17.7 Å². The van der Waals surface area contributed by atoms with E-state index in [1.807, 2.05) is 30.3 Å². The van der Waals surface area contributed by atoms with Crippen molar-refractivity contribution in [3.8, 4) is 5.75 Å². The molecule has 3 atom stereocenters. The molecule has 0 aliphatic heterocycles. The summed E-state index contributed by atoms with van der Waals surface area (Å²) in [5.74, 6) is 0.775. The Bertz CT molecular complexity index is 368. The van der Waals surface area contributed by atoms with Crippen molar-refractivity contribution in [3.05, 3.63) is 30.3 Å². The monoisotopic (exact) mass is 256 g/mol. The first-order valence-corrected chi connectivity index (χ1v) is 6.78. The fraction of sp³-hybridized carbons (Fsp3) is 0.500. The van der Waals surface area contributed by atoms with Crippen molar-refractivity contribution in [3.63, 3.8) is 0 Å². The van der Waals surface area contributed by atoms with Crippen molar-refractivity contribution in [1.29, 1.82) is 0 Å². The molecule has 1 N–H and O–H groups in total. The third-order valence-corrected chi connectivity index (χ3v) is 3.29. The van der Waals surface area contributed by atoms with Crippen molar-refractivity contribution in [2.24, 2.45) is 0 Å². The van der Waals surface area contributed by atoms with Crippen LogP contribution in [-0.4, -0.2) is 21.0 Å². The topological polar surface area (TPSA) is 55.8 Å². The lowest BCUT2D eigenvalue weighted by molar-refractivity contribution is 0.0261. The highest BCUT2D eigenvalue weighted by Gasteiger charge is 2.29. The second kappa shape index (κ2) is 6.14. The van der Waals surface area contributed by atoms with Gasteiger partial charge in [-0.2, -0.15) is 4.21 Å². The van der Waals surface area contributed by atoms with Crippen LogP contribution in [0.4, 0.5) is 0 Å². The van der Waals surface area contributed by atoms with E-state index >= 15 is 0 Å². The van der Waals surface area contributed by atoms with Gasteiger partial charge in [-0.1, -0.05) is 24.6 Å². The molecule has 1 saturated carbocycles. The minimum absolute atomic E-state index is 0.137. The molecule has 0 aromatic heterocycles. The Kier molecular flexibility index (Phi) is 4.53. The van der Waals surface area contributed by atoms with E-state index < -0.39 is 11.4 Å². The van der Waals surface area contributed by atoms with Crippen LogP contribution in [0.5, 0.6) is 5.75 Å². The van der Waals surface area contributed by atoms with Gasteiger partial charge in [-0.05, 0) is 31.4 Å². The summed E-state index contributed by atoms with van der Waals surface area (Å²) in [6.45, 7) is 0. The molecular weight excluding hydrogens is 240 g/mol. The molecule has 0 amide bonds. The second-order valence-corrected chi connectivity index (χ2v) is 4.73. The van der Waals surface area contributed by atoms with Crippen LogP contribution >= 0.6 is 0 Å². The van der Waals surface area contributed by atoms with Crippen LogP contribution in [-0.2, 0) is 15.5 Å². The number of hydrogen-bond acceptors (Lipinski definition) is 3. The molecule has 1 aliphatic rings. The van der Waals surface area contributed by atoms with Gasteiger partial charge >= 0.3 is 11.4 Å². The molecule has 1 aliphatic carbocycles. The largest absolute Gasteiger partial charge is 0.488 e. The molecule has 0 spiro atoms. The summed E-state index contributed by atoms with van der Waals surface area (Å²) in [5.41, 5.74) is 0. The van der Waals surface area contributed by atoms with Crippen LogP contribution in [0.2, 0.25) is 0 Å². The number of ether oxygens (including phenoxy) is 1. The lowest BCUT2D eigenvalue weighted by Gasteiger charge is -2.30. The van der Waals surface area contributed by atoms with Gasteiger partial charge < -0.3 is 4.74 Å². The predicted molar refractivity (Wildman–Crippen MR) is 65.0 cm³/mol. The van der Waals surface area contributed by atoms with Crippen LogP contribution < -0.4 is 4.74 Å². The molecule has 2 rings (SSSR count). The summed E-state index contributed by atoms with van der Waals surface area (Å²) < 4.78 is 30.3. The summed E-state index contributed by atoms with van der Waals surface area (Å²) in [7, 11) is 0. The molecule has 17 heavy (non-hydrogen) atoms. The van der Waals surface area contributed by atoms with Gasteiger partial charge in [-0.15, -0.1) is 0 Å². The first-order chi connectivity index (χ1) is 8.25. The highest BCUT2D eigenvalue weighted by atomic mass is 32.2. The minimum Gasteiger partial charge on any atom is -0.488 e. The van der Waals surface area contributed by atoms with Crippen molar-refractivity contribution >= 4 is 11.4 Å². The first-order valence-electron chi connectivity index (χ1n) is 5.75. The maximum absolute atomic E-state index is 10.7. The average molecular weight is 256 g/mol. The molecule has 1 fully saturated rings. The van der Waals surface area contributed by atoms with Gasteiger partial charge in [0.1, 0.15) is 18.0 Å². The maximum Gasteiger partial charge on any atom is 0.302 e. The van der Waals surface area contributed by atoms with Crippen LogP contribution in [0.25, 0.3) is 0 Å². The lowest BCUT2D eigenvalue weighted by atomic mass is 9.95. The van der Waals surface area contributed by atoms with Crippen molar-refractivity contribution in [1.82, 2.24) is 0 Å². The Hall–Kier alpha value is -0.910. The van der Waals surface area contributed by atoms with Crippen LogP contribution in [0, 0.1) is 0 Å². The Morgan fingerprint density at radius 1 is 1.12 bits per heavy atom. The van der Waals surface area contributed by atoms with Gasteiger partial charge in [-0.3, -0.25) is 8.74 Å². The summed E-state index contributed by atoms with van der Waals surface area (Å²) in [4.78, 5) is 0. The SMILES string of the molecule is O=S(O)OC1CCCCC1Oc1ccccc1. The van der Waals surface area contributed by atoms with Gasteiger partial charge in [0.2, 0.25) is 0 Å². The summed E-state index contributed by atoms with van der Waals surface area (Å²) in [5, 5.41) is 0. The van der Waals surface area contributed by atoms with E-state index in [2.05, 4.69) is 0 Å². The van der Waals surface area contributed by atoms with E-state index in [4.69, 9.17) is 13.5 Å². The predicted octanol–water partition coefficient (Wildman–Crippen LogP) is 2.53. The van der Waals surface area contributed by atoms with E-state index in [1.165, 1.54) is 0 Å². The molecule has 94 valence electrons. The van der Waals surface area contributed by atoms with E-state index in [0.717, 1.165) is 31.4 Å². The van der Waals surface area contributed by atoms with E-state index in [-0.39, 0.29) is 12.2 Å². The molecule has 0 heterocycles. The minimum atomic E-state index is -2.22. The normalized spacial score (nSPS) is 26.4. The van der Waals surface area contributed by atoms with E-state index in [0.29, 0.717) is 0 Å². The molecular formula is C12H16O4S. The van der Waals surface area contributed by atoms with E-state index in [9.17, 15) is 4.21 Å². The zero-order valence-corrected chi connectivity index (χ0v) is 10.3. The Labute approximate surface area is 103 Å². The third kappa shape index (κ3) is 3.80. The quantitative estimate of drug-likeness (QED) is 0.841. The van der Waals surface area contributed by atoms with E-state index in [1.54, 1.807) is 0 Å². The van der Waals surface area contributed by atoms with Crippen LogP contribution in [0.15, 0.2) is 30.3 Å². The molecule has 4 nitrogen and oxygen atoms in total. The van der Waals surface area contributed by atoms with Gasteiger partial charge in [0, 0.05) is 0 Å². The van der Waals surface area contributed by atoms with Gasteiger partial charge in [0.05, 0.1) is 0 Å². The van der Waals surface area contributed by atoms with Gasteiger partial charge in [0.25, 0.3) is 0 Å². The van der Waals surface area contributed by atoms with Crippen molar-refractivity contribution in [2.75, 3.05) is 0 Å². The first kappa shape index (κ1) is 12.5. The lowest BCUT2D eigenvalue weighted by Crippen LogP contribution is -2.37. The molecule has 0 bridgehead atoms. The molecule has 0 saturated heterocycles. The molecule has 1 aromatic carbocycles. The highest BCUT2D eigenvalue weighted by Crippen LogP contribution is 2.26. The Morgan fingerprint density at radius 2 is 1.76 bits per heavy atom. The van der Waals surface area contributed by atoms with Crippen LogP contribution in [0.3, 0.4) is 0 Å². The molecule has 1 aromatic rings. The summed E-state index contributed by atoms with van der Waals surface area (Å²) in [6, 6.07) is 9.48. The highest BCUT2D eigenvalue weighted by molar-refractivity contribution is 7.74. The molecule has 5 heteroatoms. The van der Waals surface area contributed by atoms with Gasteiger partial charge in [0.15, 0.2) is 0 Å². The molecule has 0 radical (unpaired) electrons. The Morgan fingerprint density at radius 3 is 2.41 bits per heavy atom. The zero-order chi connectivity index (χ0) is 12.1.